The van der Waals surface area contributed by atoms with Crippen LogP contribution in [0.15, 0.2) is 54.6 Å². The van der Waals surface area contributed by atoms with Crippen LogP contribution in [-0.2, 0) is 5.54 Å². The molecule has 1 atom stereocenters. The van der Waals surface area contributed by atoms with Crippen molar-refractivity contribution in [2.24, 2.45) is 5.92 Å². The van der Waals surface area contributed by atoms with E-state index in [0.29, 0.717) is 5.92 Å². The summed E-state index contributed by atoms with van der Waals surface area (Å²) in [6, 6.07) is 19.0. The van der Waals surface area contributed by atoms with E-state index in [4.69, 9.17) is 0 Å². The third-order valence-corrected chi connectivity index (χ3v) is 7.67. The van der Waals surface area contributed by atoms with Gasteiger partial charge in [0.25, 0.3) is 0 Å². The maximum atomic E-state index is 13.3. The summed E-state index contributed by atoms with van der Waals surface area (Å²) in [7, 11) is 1.92. The number of hydrogen-bond acceptors (Lipinski definition) is 2. The van der Waals surface area contributed by atoms with Crippen LogP contribution in [0.1, 0.15) is 45.6 Å². The van der Waals surface area contributed by atoms with Crippen molar-refractivity contribution < 1.29 is 4.79 Å². The van der Waals surface area contributed by atoms with Crippen LogP contribution in [0, 0.1) is 5.92 Å². The highest BCUT2D eigenvalue weighted by molar-refractivity contribution is 5.76. The van der Waals surface area contributed by atoms with Gasteiger partial charge >= 0.3 is 6.03 Å². The standard InChI is InChI=1S/C26H35N3O/c1-25(2,22-12-10-21(11-13-22)20-8-6-5-7-9-20)28(4)24(30)27-26(3)16-19-29-17-14-23(26)15-18-29/h5-13,23H,14-19H2,1-4H3,(H,27,30). The largest absolute Gasteiger partial charge is 0.332 e. The van der Waals surface area contributed by atoms with E-state index in [-0.39, 0.29) is 11.6 Å². The number of piperidine rings is 1. The summed E-state index contributed by atoms with van der Waals surface area (Å²) in [4.78, 5) is 17.7. The van der Waals surface area contributed by atoms with Gasteiger partial charge in [-0.25, -0.2) is 4.79 Å². The molecule has 0 aliphatic carbocycles. The Kier molecular flexibility index (Phi) is 5.63. The minimum Gasteiger partial charge on any atom is -0.332 e. The fourth-order valence-electron chi connectivity index (χ4n) is 5.03. The van der Waals surface area contributed by atoms with Gasteiger partial charge in [-0.15, -0.1) is 0 Å². The summed E-state index contributed by atoms with van der Waals surface area (Å²) in [5.74, 6) is 0.571. The highest BCUT2D eigenvalue weighted by Crippen LogP contribution is 2.36. The average molecular weight is 406 g/mol. The number of nitrogens with one attached hydrogen (secondary N) is 1. The second kappa shape index (κ2) is 8.07. The Morgan fingerprint density at radius 2 is 1.60 bits per heavy atom. The molecule has 0 radical (unpaired) electrons. The fourth-order valence-corrected chi connectivity index (χ4v) is 5.03. The van der Waals surface area contributed by atoms with E-state index in [9.17, 15) is 4.79 Å². The molecule has 2 aromatic rings. The maximum Gasteiger partial charge on any atom is 0.318 e. The van der Waals surface area contributed by atoms with Gasteiger partial charge in [-0.3, -0.25) is 0 Å². The van der Waals surface area contributed by atoms with Crippen LogP contribution in [-0.4, -0.2) is 48.1 Å². The summed E-state index contributed by atoms with van der Waals surface area (Å²) in [6.45, 7) is 9.92. The smallest absolute Gasteiger partial charge is 0.318 e. The Labute approximate surface area is 181 Å². The molecule has 5 rings (SSSR count). The lowest BCUT2D eigenvalue weighted by molar-refractivity contribution is 0.129. The summed E-state index contributed by atoms with van der Waals surface area (Å²) < 4.78 is 0. The number of nitrogens with zero attached hydrogens (tertiary/aromatic N) is 2. The number of fused-ring (bicyclic) bond motifs is 4. The minimum atomic E-state index is -0.401. The summed E-state index contributed by atoms with van der Waals surface area (Å²) in [6.07, 6.45) is 3.40. The topological polar surface area (TPSA) is 35.6 Å². The Morgan fingerprint density at radius 1 is 1.00 bits per heavy atom. The SMILES string of the molecule is CN(C(=O)NC1(C)CCN2CCC1CC2)C(C)(C)c1ccc(-c2ccccc2)cc1. The third kappa shape index (κ3) is 3.98. The van der Waals surface area contributed by atoms with Gasteiger partial charge < -0.3 is 15.1 Å². The zero-order valence-corrected chi connectivity index (χ0v) is 18.8. The molecule has 1 N–H and O–H groups in total. The van der Waals surface area contributed by atoms with E-state index in [2.05, 4.69) is 79.5 Å². The highest BCUT2D eigenvalue weighted by atomic mass is 16.2. The number of hydrogen-bond donors (Lipinski definition) is 1. The minimum absolute atomic E-state index is 0.0231. The number of rotatable bonds is 4. The van der Waals surface area contributed by atoms with Crippen molar-refractivity contribution in [3.63, 3.8) is 0 Å². The van der Waals surface area contributed by atoms with Crippen LogP contribution < -0.4 is 5.32 Å². The monoisotopic (exact) mass is 405 g/mol. The molecule has 0 aromatic heterocycles. The molecular weight excluding hydrogens is 370 g/mol. The van der Waals surface area contributed by atoms with Crippen molar-refractivity contribution >= 4 is 6.03 Å². The molecule has 4 heteroatoms. The van der Waals surface area contributed by atoms with Crippen LogP contribution in [0.4, 0.5) is 4.79 Å². The van der Waals surface area contributed by atoms with Crippen LogP contribution in [0.3, 0.4) is 0 Å². The lowest BCUT2D eigenvalue weighted by Crippen LogP contribution is -2.57. The lowest BCUT2D eigenvalue weighted by Gasteiger charge is -2.42. The summed E-state index contributed by atoms with van der Waals surface area (Å²) in [5, 5.41) is 3.44. The number of benzene rings is 2. The Bertz CT molecular complexity index is 869. The second-order valence-corrected chi connectivity index (χ2v) is 9.77. The molecule has 1 unspecified atom stereocenters. The molecule has 0 spiro atoms. The quantitative estimate of drug-likeness (QED) is 0.768. The molecular formula is C26H35N3O. The van der Waals surface area contributed by atoms with Gasteiger partial charge in [-0.2, -0.15) is 0 Å². The van der Waals surface area contributed by atoms with Crippen LogP contribution in [0.5, 0.6) is 0 Å². The van der Waals surface area contributed by atoms with Crippen molar-refractivity contribution in [3.05, 3.63) is 60.2 Å². The lowest BCUT2D eigenvalue weighted by atomic mass is 9.79. The molecule has 160 valence electrons. The van der Waals surface area contributed by atoms with Crippen molar-refractivity contribution in [2.75, 3.05) is 26.7 Å². The van der Waals surface area contributed by atoms with Gasteiger partial charge in [-0.1, -0.05) is 54.6 Å². The van der Waals surface area contributed by atoms with Gasteiger partial charge in [0.1, 0.15) is 0 Å². The molecule has 3 aliphatic heterocycles. The van der Waals surface area contributed by atoms with Gasteiger partial charge in [0.2, 0.25) is 0 Å². The molecule has 2 bridgehead atoms. The predicted molar refractivity (Wildman–Crippen MR) is 123 cm³/mol. The van der Waals surface area contributed by atoms with Gasteiger partial charge in [-0.05, 0) is 75.7 Å². The number of amides is 2. The first kappa shape index (κ1) is 20.9. The van der Waals surface area contributed by atoms with E-state index >= 15 is 0 Å². The molecule has 30 heavy (non-hydrogen) atoms. The first-order valence-corrected chi connectivity index (χ1v) is 11.2. The molecule has 3 saturated heterocycles. The average Bonchev–Trinajstić information content (AvgIpc) is 3.02. The van der Waals surface area contributed by atoms with Crippen molar-refractivity contribution in [3.8, 4) is 11.1 Å². The van der Waals surface area contributed by atoms with E-state index in [1.165, 1.54) is 37.1 Å². The summed E-state index contributed by atoms with van der Waals surface area (Å²) in [5.41, 5.74) is 3.02. The van der Waals surface area contributed by atoms with Crippen molar-refractivity contribution in [2.45, 2.75) is 51.1 Å². The molecule has 0 saturated carbocycles. The first-order chi connectivity index (χ1) is 14.3. The molecule has 3 heterocycles. The summed E-state index contributed by atoms with van der Waals surface area (Å²) >= 11 is 0. The number of carbonyl (C=O) groups excluding carboxylic acids is 1. The molecule has 4 nitrogen and oxygen atoms in total. The van der Waals surface area contributed by atoms with Gasteiger partial charge in [0.15, 0.2) is 0 Å². The van der Waals surface area contributed by atoms with Crippen molar-refractivity contribution in [1.29, 1.82) is 0 Å². The zero-order chi connectivity index (χ0) is 21.4. The van der Waals surface area contributed by atoms with Crippen molar-refractivity contribution in [1.82, 2.24) is 15.1 Å². The number of carbonyl (C=O) groups is 1. The fraction of sp³-hybridized carbons (Fsp3) is 0.500. The highest BCUT2D eigenvalue weighted by Gasteiger charge is 2.42. The van der Waals surface area contributed by atoms with Gasteiger partial charge in [0.05, 0.1) is 5.54 Å². The Morgan fingerprint density at radius 3 is 2.23 bits per heavy atom. The van der Waals surface area contributed by atoms with Crippen LogP contribution in [0.25, 0.3) is 11.1 Å². The normalized spacial score (nSPS) is 26.1. The van der Waals surface area contributed by atoms with Crippen LogP contribution >= 0.6 is 0 Å². The zero-order valence-electron chi connectivity index (χ0n) is 18.8. The Hall–Kier alpha value is -2.33. The molecule has 2 amide bonds. The second-order valence-electron chi connectivity index (χ2n) is 9.77. The third-order valence-electron chi connectivity index (χ3n) is 7.67. The molecule has 3 aliphatic rings. The molecule has 2 aromatic carbocycles. The first-order valence-electron chi connectivity index (χ1n) is 11.2. The van der Waals surface area contributed by atoms with Crippen LogP contribution in [0.2, 0.25) is 0 Å². The van der Waals surface area contributed by atoms with Gasteiger partial charge in [0, 0.05) is 19.1 Å². The van der Waals surface area contributed by atoms with E-state index in [1.807, 2.05) is 18.0 Å². The predicted octanol–water partition coefficient (Wildman–Crippen LogP) is 5.10. The molecule has 3 fully saturated rings. The van der Waals surface area contributed by atoms with E-state index in [0.717, 1.165) is 18.5 Å². The number of urea groups is 1. The Balaban J connectivity index is 1.48. The van der Waals surface area contributed by atoms with E-state index < -0.39 is 5.54 Å². The maximum absolute atomic E-state index is 13.3. The van der Waals surface area contributed by atoms with E-state index in [1.54, 1.807) is 0 Å².